The second-order valence-corrected chi connectivity index (χ2v) is 7.12. The van der Waals surface area contributed by atoms with Gasteiger partial charge in [-0.05, 0) is 41.2 Å². The van der Waals surface area contributed by atoms with Gasteiger partial charge in [-0.15, -0.1) is 5.10 Å². The number of hydrogen-bond acceptors (Lipinski definition) is 7. The lowest BCUT2D eigenvalue weighted by atomic mass is 10.2. The Hall–Kier alpha value is -2.76. The molecule has 2 aromatic carbocycles. The third-order valence-corrected chi connectivity index (χ3v) is 4.72. The van der Waals surface area contributed by atoms with Crippen LogP contribution in [0.3, 0.4) is 0 Å². The molecule has 0 aliphatic rings. The summed E-state index contributed by atoms with van der Waals surface area (Å²) in [5.74, 6) is -0.804. The van der Waals surface area contributed by atoms with Crippen molar-refractivity contribution in [3.8, 4) is 0 Å². The van der Waals surface area contributed by atoms with Crippen molar-refractivity contribution in [2.45, 2.75) is 14.9 Å². The van der Waals surface area contributed by atoms with E-state index in [4.69, 9.17) is 0 Å². The molecule has 0 bridgehead atoms. The molecule has 0 radical (unpaired) electrons. The molecule has 0 saturated carbocycles. The lowest BCUT2D eigenvalue weighted by Crippen LogP contribution is -2.26. The lowest BCUT2D eigenvalue weighted by molar-refractivity contribution is 0.0998. The summed E-state index contributed by atoms with van der Waals surface area (Å²) in [5.41, 5.74) is 2.04. The van der Waals surface area contributed by atoms with E-state index in [2.05, 4.69) is 20.8 Å². The minimum Gasteiger partial charge on any atom is -0.282 e. The van der Waals surface area contributed by atoms with Gasteiger partial charge in [0, 0.05) is 4.90 Å². The van der Waals surface area contributed by atoms with E-state index in [0.717, 1.165) is 15.9 Å². The van der Waals surface area contributed by atoms with Gasteiger partial charge in [0.25, 0.3) is 16.0 Å². The average Bonchev–Trinajstić information content (AvgIpc) is 3.02. The number of aromatic nitrogens is 4. The van der Waals surface area contributed by atoms with Gasteiger partial charge in [-0.3, -0.25) is 9.35 Å². The number of hydrogen-bond donors (Lipinski definition) is 2. The van der Waals surface area contributed by atoms with Gasteiger partial charge in [0.2, 0.25) is 5.16 Å². The highest BCUT2D eigenvalue weighted by molar-refractivity contribution is 7.99. The second-order valence-electron chi connectivity index (χ2n) is 4.69. The predicted octanol–water partition coefficient (Wildman–Crippen LogP) is 1.45. The van der Waals surface area contributed by atoms with E-state index in [0.29, 0.717) is 5.16 Å². The molecule has 0 aliphatic heterocycles. The molecule has 0 aliphatic carbocycles. The number of amides is 1. The highest BCUT2D eigenvalue weighted by Gasteiger charge is 2.20. The monoisotopic (exact) mass is 377 g/mol. The quantitative estimate of drug-likeness (QED) is 0.640. The van der Waals surface area contributed by atoms with Crippen LogP contribution in [0.4, 0.5) is 0 Å². The largest absolute Gasteiger partial charge is 0.295 e. The van der Waals surface area contributed by atoms with E-state index in [1.54, 1.807) is 0 Å². The summed E-state index contributed by atoms with van der Waals surface area (Å²) in [4.78, 5) is 13.4. The maximum absolute atomic E-state index is 12.2. The maximum Gasteiger partial charge on any atom is 0.295 e. The molecule has 1 amide bonds. The molecular weight excluding hydrogens is 366 g/mol. The Morgan fingerprint density at radius 2 is 1.76 bits per heavy atom. The topological polar surface area (TPSA) is 127 Å². The number of tetrazole rings is 1. The van der Waals surface area contributed by atoms with Gasteiger partial charge in [0.1, 0.15) is 4.90 Å². The smallest absolute Gasteiger partial charge is 0.282 e. The fourth-order valence-electron chi connectivity index (χ4n) is 1.91. The van der Waals surface area contributed by atoms with E-state index in [1.807, 2.05) is 30.3 Å². The number of carbonyl (C=O) groups is 1. The van der Waals surface area contributed by atoms with E-state index in [9.17, 15) is 17.8 Å². The van der Waals surface area contributed by atoms with Crippen molar-refractivity contribution in [1.82, 2.24) is 20.3 Å². The van der Waals surface area contributed by atoms with Crippen molar-refractivity contribution in [2.24, 2.45) is 0 Å². The fraction of sp³-hybridized carbons (Fsp3) is 0. The van der Waals surface area contributed by atoms with Crippen LogP contribution in [0.2, 0.25) is 0 Å². The molecule has 11 heteroatoms. The number of nitrogens with one attached hydrogen (secondary N) is 1. The van der Waals surface area contributed by atoms with Crippen LogP contribution >= 0.6 is 11.8 Å². The van der Waals surface area contributed by atoms with Crippen LogP contribution in [0, 0.1) is 0 Å². The summed E-state index contributed by atoms with van der Waals surface area (Å²) < 4.78 is 31.9. The summed E-state index contributed by atoms with van der Waals surface area (Å²) in [7, 11) is -4.54. The Bertz CT molecular complexity index is 1000. The third-order valence-electron chi connectivity index (χ3n) is 2.96. The third kappa shape index (κ3) is 4.21. The number of benzene rings is 2. The van der Waals surface area contributed by atoms with E-state index in [1.165, 1.54) is 30.0 Å². The summed E-state index contributed by atoms with van der Waals surface area (Å²) >= 11 is 1.25. The van der Waals surface area contributed by atoms with Crippen LogP contribution in [-0.2, 0) is 10.1 Å². The van der Waals surface area contributed by atoms with E-state index in [-0.39, 0.29) is 5.56 Å². The lowest BCUT2D eigenvalue weighted by Gasteiger charge is -2.06. The van der Waals surface area contributed by atoms with Crippen LogP contribution in [0.5, 0.6) is 0 Å². The molecule has 9 nitrogen and oxygen atoms in total. The number of rotatable bonds is 5. The first kappa shape index (κ1) is 17.1. The summed E-state index contributed by atoms with van der Waals surface area (Å²) in [5, 5.41) is 11.7. The molecular formula is C14H11N5O4S2. The molecule has 25 heavy (non-hydrogen) atoms. The van der Waals surface area contributed by atoms with Crippen LogP contribution in [0.15, 0.2) is 69.5 Å². The van der Waals surface area contributed by atoms with Crippen molar-refractivity contribution < 1.29 is 17.8 Å². The molecule has 2 N–H and O–H groups in total. The van der Waals surface area contributed by atoms with Gasteiger partial charge in [-0.2, -0.15) is 8.42 Å². The molecule has 3 rings (SSSR count). The molecule has 0 saturated heterocycles. The van der Waals surface area contributed by atoms with Gasteiger partial charge >= 0.3 is 0 Å². The molecule has 128 valence electrons. The van der Waals surface area contributed by atoms with Gasteiger partial charge in [-0.1, -0.05) is 40.3 Å². The Morgan fingerprint density at radius 3 is 2.48 bits per heavy atom. The number of carbonyl (C=O) groups excluding carboxylic acids is 1. The highest BCUT2D eigenvalue weighted by atomic mass is 32.2. The fourth-order valence-corrected chi connectivity index (χ4v) is 3.30. The van der Waals surface area contributed by atoms with E-state index < -0.39 is 20.9 Å². The van der Waals surface area contributed by atoms with Crippen molar-refractivity contribution in [1.29, 1.82) is 0 Å². The van der Waals surface area contributed by atoms with Gasteiger partial charge < -0.3 is 0 Å². The summed E-state index contributed by atoms with van der Waals surface area (Å²) in [6.45, 7) is 0. The summed E-state index contributed by atoms with van der Waals surface area (Å²) in [6, 6.07) is 14.6. The zero-order chi connectivity index (χ0) is 17.9. The van der Waals surface area contributed by atoms with Crippen LogP contribution in [-0.4, -0.2) is 39.2 Å². The normalized spacial score (nSPS) is 11.2. The predicted molar refractivity (Wildman–Crippen MR) is 88.3 cm³/mol. The Balaban J connectivity index is 1.77. The molecule has 0 spiro atoms. The van der Waals surface area contributed by atoms with Crippen LogP contribution < -0.4 is 5.43 Å². The van der Waals surface area contributed by atoms with Gasteiger partial charge in [-0.25, -0.2) is 5.43 Å². The first-order chi connectivity index (χ1) is 11.9. The molecule has 1 aromatic heterocycles. The Morgan fingerprint density at radius 1 is 1.08 bits per heavy atom. The minimum absolute atomic E-state index is 0.237. The standard InChI is InChI=1S/C14H11N5O4S2/c20-13(11-8-4-5-9-12(11)25(21,22)23)16-19-17-14(15-18-19)24-10-6-2-1-3-7-10/h1-9H,(H,16,20)(H,21,22,23). The zero-order valence-electron chi connectivity index (χ0n) is 12.5. The van der Waals surface area contributed by atoms with E-state index >= 15 is 0 Å². The summed E-state index contributed by atoms with van der Waals surface area (Å²) in [6.07, 6.45) is 0. The van der Waals surface area contributed by atoms with Crippen molar-refractivity contribution in [3.05, 3.63) is 60.2 Å². The molecule has 0 unspecified atom stereocenters. The van der Waals surface area contributed by atoms with Gasteiger partial charge in [0.05, 0.1) is 5.56 Å². The van der Waals surface area contributed by atoms with Crippen molar-refractivity contribution >= 4 is 27.8 Å². The Labute approximate surface area is 146 Å². The molecule has 3 aromatic rings. The first-order valence-electron chi connectivity index (χ1n) is 6.84. The van der Waals surface area contributed by atoms with Crippen molar-refractivity contribution in [2.75, 3.05) is 5.43 Å². The van der Waals surface area contributed by atoms with Crippen LogP contribution in [0.1, 0.15) is 10.4 Å². The second kappa shape index (κ2) is 7.01. The van der Waals surface area contributed by atoms with Crippen LogP contribution in [0.25, 0.3) is 0 Å². The molecule has 0 fully saturated rings. The highest BCUT2D eigenvalue weighted by Crippen LogP contribution is 2.22. The Kier molecular flexibility index (Phi) is 4.79. The maximum atomic E-state index is 12.2. The average molecular weight is 377 g/mol. The molecule has 0 atom stereocenters. The first-order valence-corrected chi connectivity index (χ1v) is 9.10. The SMILES string of the molecule is O=C(Nn1nnc(Sc2ccccc2)n1)c1ccccc1S(=O)(=O)O. The number of nitrogens with zero attached hydrogens (tertiary/aromatic N) is 4. The zero-order valence-corrected chi connectivity index (χ0v) is 14.1. The van der Waals surface area contributed by atoms with Gasteiger partial charge in [0.15, 0.2) is 0 Å². The molecule has 1 heterocycles. The minimum atomic E-state index is -4.54. The van der Waals surface area contributed by atoms with Crippen molar-refractivity contribution in [3.63, 3.8) is 0 Å².